The molecule has 1 atom stereocenters. The van der Waals surface area contributed by atoms with Gasteiger partial charge in [0.25, 0.3) is 5.91 Å². The number of nitrogens with zero attached hydrogens (tertiary/aromatic N) is 3. The van der Waals surface area contributed by atoms with Gasteiger partial charge in [-0.05, 0) is 43.2 Å². The van der Waals surface area contributed by atoms with Gasteiger partial charge in [0.05, 0.1) is 28.3 Å². The molecule has 215 valence electrons. The quantitative estimate of drug-likeness (QED) is 0.218. The predicted molar refractivity (Wildman–Crippen MR) is 178 cm³/mol. The van der Waals surface area contributed by atoms with Crippen LogP contribution in [0.3, 0.4) is 0 Å². The molecule has 2 aromatic heterocycles. The second kappa shape index (κ2) is 16.1. The van der Waals surface area contributed by atoms with Crippen molar-refractivity contribution in [1.82, 2.24) is 14.9 Å². The van der Waals surface area contributed by atoms with Gasteiger partial charge in [0.1, 0.15) is 5.76 Å². The molecule has 0 saturated carbocycles. The van der Waals surface area contributed by atoms with Crippen molar-refractivity contribution in [3.63, 3.8) is 0 Å². The third-order valence-corrected chi connectivity index (χ3v) is 8.32. The van der Waals surface area contributed by atoms with Gasteiger partial charge in [0, 0.05) is 66.4 Å². The molecule has 1 saturated heterocycles. The number of benzene rings is 1. The summed E-state index contributed by atoms with van der Waals surface area (Å²) < 4.78 is 6.79. The van der Waals surface area contributed by atoms with Crippen molar-refractivity contribution >= 4 is 88.3 Å². The van der Waals surface area contributed by atoms with Crippen LogP contribution in [-0.4, -0.2) is 82.3 Å². The number of carbonyl (C=O) groups excluding carboxylic acids is 3. The van der Waals surface area contributed by atoms with Crippen LogP contribution in [0.25, 0.3) is 0 Å². The van der Waals surface area contributed by atoms with E-state index in [9.17, 15) is 14.4 Å². The normalized spacial score (nSPS) is 14.6. The number of amides is 3. The number of oxazole rings is 1. The monoisotopic (exact) mass is 608 g/mol. The van der Waals surface area contributed by atoms with E-state index in [4.69, 9.17) is 27.6 Å². The molecule has 7 radical (unpaired) electrons. The zero-order chi connectivity index (χ0) is 31.6. The molecule has 0 bridgehead atoms. The SMILES string of the molecule is C=CC(=O)Nc1ccc(C(=O)N2CCCC(C(=O)Nc3ncc(SCc4ncc(C(C)(C)C)o4)s3)C2)cc1.[B][B]B([B])[B]. The lowest BCUT2D eigenvalue weighted by Crippen LogP contribution is -2.43. The molecule has 43 heavy (non-hydrogen) atoms. The molecule has 3 amide bonds. The van der Waals surface area contributed by atoms with Crippen LogP contribution in [0.1, 0.15) is 55.6 Å². The van der Waals surface area contributed by atoms with Gasteiger partial charge < -0.3 is 20.0 Å². The van der Waals surface area contributed by atoms with Gasteiger partial charge in [-0.2, -0.15) is 0 Å². The van der Waals surface area contributed by atoms with Crippen LogP contribution in [0.2, 0.25) is 0 Å². The van der Waals surface area contributed by atoms with E-state index in [2.05, 4.69) is 48.0 Å². The molecule has 0 spiro atoms. The number of rotatable bonds is 9. The number of hydrogen-bond acceptors (Lipinski definition) is 8. The summed E-state index contributed by atoms with van der Waals surface area (Å²) >= 11 is 2.96. The van der Waals surface area contributed by atoms with E-state index in [0.29, 0.717) is 47.5 Å². The maximum absolute atomic E-state index is 13.0. The maximum atomic E-state index is 13.0. The van der Waals surface area contributed by atoms with Gasteiger partial charge in [0.15, 0.2) is 5.13 Å². The van der Waals surface area contributed by atoms with Crippen molar-refractivity contribution in [2.45, 2.75) is 49.0 Å². The summed E-state index contributed by atoms with van der Waals surface area (Å²) in [6.07, 6.45) is 5.67. The molecule has 1 aliphatic rings. The molecule has 3 aromatic rings. The van der Waals surface area contributed by atoms with Crippen LogP contribution in [0.4, 0.5) is 10.8 Å². The van der Waals surface area contributed by atoms with Crippen molar-refractivity contribution in [2.75, 3.05) is 23.7 Å². The van der Waals surface area contributed by atoms with E-state index in [1.807, 2.05) is 0 Å². The van der Waals surface area contributed by atoms with Gasteiger partial charge >= 0.3 is 0 Å². The van der Waals surface area contributed by atoms with Crippen LogP contribution in [-0.2, 0) is 20.8 Å². The summed E-state index contributed by atoms with van der Waals surface area (Å²) in [5.74, 6) is 1.16. The Bertz CT molecular complexity index is 1390. The van der Waals surface area contributed by atoms with E-state index in [-0.39, 0.29) is 29.1 Å². The minimum absolute atomic E-state index is 0.0911. The first-order valence-electron chi connectivity index (χ1n) is 13.6. The molecule has 0 aliphatic carbocycles. The lowest BCUT2D eigenvalue weighted by atomic mass is 8.97. The lowest BCUT2D eigenvalue weighted by Gasteiger charge is -2.32. The van der Waals surface area contributed by atoms with Gasteiger partial charge in [-0.1, -0.05) is 38.7 Å². The average molecular weight is 608 g/mol. The van der Waals surface area contributed by atoms with Crippen LogP contribution >= 0.6 is 23.1 Å². The number of hydrogen-bond donors (Lipinski definition) is 2. The Kier molecular flexibility index (Phi) is 12.9. The number of nitrogens with one attached hydrogen (secondary N) is 2. The Morgan fingerprint density at radius 2 is 1.91 bits per heavy atom. The number of aromatic nitrogens is 2. The maximum Gasteiger partial charge on any atom is 0.253 e. The Morgan fingerprint density at radius 3 is 2.51 bits per heavy atom. The first kappa shape index (κ1) is 34.4. The summed E-state index contributed by atoms with van der Waals surface area (Å²) in [6.45, 7) is 10.6. The molecule has 1 aromatic carbocycles. The lowest BCUT2D eigenvalue weighted by molar-refractivity contribution is -0.121. The number of anilines is 2. The van der Waals surface area contributed by atoms with E-state index in [1.54, 1.807) is 53.3 Å². The van der Waals surface area contributed by atoms with Gasteiger partial charge in [-0.15, -0.1) is 11.8 Å². The summed E-state index contributed by atoms with van der Waals surface area (Å²) in [7, 11) is 15.8. The Hall–Kier alpha value is -3.12. The fourth-order valence-electron chi connectivity index (χ4n) is 3.90. The zero-order valence-corrected chi connectivity index (χ0v) is 26.2. The largest absolute Gasteiger partial charge is 0.444 e. The van der Waals surface area contributed by atoms with Crippen molar-refractivity contribution < 1.29 is 18.8 Å². The van der Waals surface area contributed by atoms with Crippen LogP contribution in [0.5, 0.6) is 0 Å². The Balaban J connectivity index is 0.000000934. The Morgan fingerprint density at radius 1 is 1.21 bits per heavy atom. The smallest absolute Gasteiger partial charge is 0.253 e. The topological polar surface area (TPSA) is 117 Å². The van der Waals surface area contributed by atoms with Crippen LogP contribution in [0, 0.1) is 5.92 Å². The summed E-state index contributed by atoms with van der Waals surface area (Å²) in [5, 5.41) is 6.10. The fourth-order valence-corrected chi connectivity index (χ4v) is 5.62. The number of carbonyl (C=O) groups is 3. The molecular weight excluding hydrogens is 577 g/mol. The second-order valence-electron chi connectivity index (χ2n) is 10.8. The molecule has 1 unspecified atom stereocenters. The zero-order valence-electron chi connectivity index (χ0n) is 24.5. The highest BCUT2D eigenvalue weighted by Crippen LogP contribution is 2.32. The van der Waals surface area contributed by atoms with Crippen molar-refractivity contribution in [1.29, 1.82) is 0 Å². The highest BCUT2D eigenvalue weighted by Gasteiger charge is 2.29. The van der Waals surface area contributed by atoms with E-state index >= 15 is 0 Å². The van der Waals surface area contributed by atoms with Crippen LogP contribution < -0.4 is 10.6 Å². The molecule has 2 N–H and O–H groups in total. The Labute approximate surface area is 266 Å². The summed E-state index contributed by atoms with van der Waals surface area (Å²) in [5.41, 5.74) is 0.995. The first-order chi connectivity index (χ1) is 20.4. The molecule has 16 heteroatoms. The molecule has 3 heterocycles. The number of thiazole rings is 1. The van der Waals surface area contributed by atoms with E-state index < -0.39 is 6.39 Å². The summed E-state index contributed by atoms with van der Waals surface area (Å²) in [6, 6.07) is 6.68. The molecular formula is C27H31B5N5O4S2. The number of thioether (sulfide) groups is 1. The first-order valence-corrected chi connectivity index (χ1v) is 15.4. The van der Waals surface area contributed by atoms with Gasteiger partial charge in [0.2, 0.25) is 17.7 Å². The average Bonchev–Trinajstić information content (AvgIpc) is 3.66. The minimum atomic E-state index is -0.463. The minimum Gasteiger partial charge on any atom is -0.444 e. The third-order valence-electron chi connectivity index (χ3n) is 6.23. The number of likely N-dealkylation sites (tertiary alicyclic amines) is 1. The standard InChI is InChI=1S/C27H31N5O4S2.B5/c1-5-21(33)30-19-10-8-17(9-11-19)25(35)32-12-6-7-18(15-32)24(34)31-26-29-14-23(38-26)37-16-22-28-13-20(36-22)27(2,3)4;1-4-5(2)3/h5,8-11,13-14,18H,1,6-7,12,15-16H2,2-4H3,(H,30,33)(H,29,31,34);. The highest BCUT2D eigenvalue weighted by atomic mass is 32.2. The van der Waals surface area contributed by atoms with E-state index in [0.717, 1.165) is 16.4 Å². The second-order valence-corrected chi connectivity index (χ2v) is 13.1. The predicted octanol–water partition coefficient (Wildman–Crippen LogP) is 3.43. The molecule has 4 rings (SSSR count). The fraction of sp³-hybridized carbons (Fsp3) is 0.370. The molecule has 1 aliphatic heterocycles. The third kappa shape index (κ3) is 10.8. The molecule has 9 nitrogen and oxygen atoms in total. The van der Waals surface area contributed by atoms with E-state index in [1.165, 1.54) is 24.5 Å². The van der Waals surface area contributed by atoms with Crippen molar-refractivity contribution in [3.05, 3.63) is 66.5 Å². The van der Waals surface area contributed by atoms with Crippen LogP contribution in [0.15, 0.2) is 57.9 Å². The van der Waals surface area contributed by atoms with Gasteiger partial charge in [-0.25, -0.2) is 9.97 Å². The van der Waals surface area contributed by atoms with Crippen molar-refractivity contribution in [2.24, 2.45) is 5.92 Å². The van der Waals surface area contributed by atoms with Crippen molar-refractivity contribution in [3.8, 4) is 0 Å². The summed E-state index contributed by atoms with van der Waals surface area (Å²) in [4.78, 5) is 47.8. The number of piperidine rings is 1. The molecule has 1 fully saturated rings. The highest BCUT2D eigenvalue weighted by molar-refractivity contribution is 8.00. The van der Waals surface area contributed by atoms with Gasteiger partial charge in [-0.3, -0.25) is 14.4 Å².